The molecule has 0 N–H and O–H groups in total. The Morgan fingerprint density at radius 3 is 1.59 bits per heavy atom. The fourth-order valence-electron chi connectivity index (χ4n) is 2.69. The van der Waals surface area contributed by atoms with Gasteiger partial charge in [-0.25, -0.2) is 9.59 Å². The first-order valence-corrected chi connectivity index (χ1v) is 6.75. The van der Waals surface area contributed by atoms with Crippen molar-refractivity contribution < 1.29 is 19.1 Å². The van der Waals surface area contributed by atoms with E-state index in [1.807, 2.05) is 23.7 Å². The fraction of sp³-hybridized carbons (Fsp3) is 0.176. The van der Waals surface area contributed by atoms with Crippen LogP contribution in [0.2, 0.25) is 0 Å². The standard InChI is InChI=1S/C17H15NO4/c1-18-14-8-10(16(19)21-2)4-6-12(14)13-7-5-11(9-15(13)18)17(20)22-3/h4-9H,1-3H3. The van der Waals surface area contributed by atoms with Gasteiger partial charge in [-0.2, -0.15) is 0 Å². The van der Waals surface area contributed by atoms with Gasteiger partial charge in [0.1, 0.15) is 0 Å². The highest BCUT2D eigenvalue weighted by Crippen LogP contribution is 2.29. The van der Waals surface area contributed by atoms with Gasteiger partial charge in [-0.3, -0.25) is 0 Å². The molecule has 112 valence electrons. The minimum absolute atomic E-state index is 0.373. The maximum Gasteiger partial charge on any atom is 0.337 e. The molecule has 0 amide bonds. The predicted molar refractivity (Wildman–Crippen MR) is 83.1 cm³/mol. The molecule has 0 aliphatic carbocycles. The SMILES string of the molecule is COC(=O)c1ccc2c3ccc(C(=O)OC)cc3n(C)c2c1. The van der Waals surface area contributed by atoms with E-state index in [1.54, 1.807) is 24.3 Å². The second-order valence-corrected chi connectivity index (χ2v) is 5.01. The highest BCUT2D eigenvalue weighted by molar-refractivity contribution is 6.11. The number of ether oxygens (including phenoxy) is 2. The molecule has 5 nitrogen and oxygen atoms in total. The van der Waals surface area contributed by atoms with Gasteiger partial charge in [0.15, 0.2) is 0 Å². The zero-order chi connectivity index (χ0) is 15.9. The number of fused-ring (bicyclic) bond motifs is 3. The van der Waals surface area contributed by atoms with Crippen LogP contribution in [0.5, 0.6) is 0 Å². The number of carbonyl (C=O) groups is 2. The molecule has 3 rings (SSSR count). The van der Waals surface area contributed by atoms with Gasteiger partial charge in [-0.1, -0.05) is 12.1 Å². The van der Waals surface area contributed by atoms with Crippen molar-refractivity contribution in [2.24, 2.45) is 7.05 Å². The van der Waals surface area contributed by atoms with Gasteiger partial charge in [0.2, 0.25) is 0 Å². The van der Waals surface area contributed by atoms with Gasteiger partial charge in [-0.05, 0) is 24.3 Å². The number of nitrogens with zero attached hydrogens (tertiary/aromatic N) is 1. The Labute approximate surface area is 127 Å². The lowest BCUT2D eigenvalue weighted by atomic mass is 10.1. The van der Waals surface area contributed by atoms with Crippen molar-refractivity contribution in [2.45, 2.75) is 0 Å². The first-order chi connectivity index (χ1) is 10.6. The van der Waals surface area contributed by atoms with Crippen molar-refractivity contribution in [3.8, 4) is 0 Å². The Morgan fingerprint density at radius 1 is 0.818 bits per heavy atom. The molecular formula is C17H15NO4. The van der Waals surface area contributed by atoms with Gasteiger partial charge in [-0.15, -0.1) is 0 Å². The van der Waals surface area contributed by atoms with E-state index in [2.05, 4.69) is 0 Å². The Kier molecular flexibility index (Phi) is 3.33. The van der Waals surface area contributed by atoms with Crippen LogP contribution in [0.1, 0.15) is 20.7 Å². The molecule has 1 aromatic heterocycles. The number of methoxy groups -OCH3 is 2. The van der Waals surface area contributed by atoms with Crippen molar-refractivity contribution in [2.75, 3.05) is 14.2 Å². The van der Waals surface area contributed by atoms with Crippen LogP contribution in [0, 0.1) is 0 Å². The summed E-state index contributed by atoms with van der Waals surface area (Å²) in [5.41, 5.74) is 2.79. The molecule has 22 heavy (non-hydrogen) atoms. The molecule has 0 unspecified atom stereocenters. The van der Waals surface area contributed by atoms with Crippen molar-refractivity contribution in [3.63, 3.8) is 0 Å². The summed E-state index contributed by atoms with van der Waals surface area (Å²) in [5.74, 6) is -0.746. The quantitative estimate of drug-likeness (QED) is 0.682. The van der Waals surface area contributed by atoms with Gasteiger partial charge >= 0.3 is 11.9 Å². The summed E-state index contributed by atoms with van der Waals surface area (Å²) in [6, 6.07) is 10.8. The minimum Gasteiger partial charge on any atom is -0.465 e. The first-order valence-electron chi connectivity index (χ1n) is 6.75. The largest absolute Gasteiger partial charge is 0.465 e. The number of aromatic nitrogens is 1. The third-order valence-electron chi connectivity index (χ3n) is 3.85. The average Bonchev–Trinajstić information content (AvgIpc) is 2.85. The molecule has 2 aromatic carbocycles. The second-order valence-electron chi connectivity index (χ2n) is 5.01. The molecule has 0 aliphatic rings. The summed E-state index contributed by atoms with van der Waals surface area (Å²) in [7, 11) is 4.61. The predicted octanol–water partition coefficient (Wildman–Crippen LogP) is 2.90. The molecule has 3 aromatic rings. The molecular weight excluding hydrogens is 282 g/mol. The second kappa shape index (κ2) is 5.18. The molecule has 0 saturated heterocycles. The van der Waals surface area contributed by atoms with Gasteiger partial charge in [0.25, 0.3) is 0 Å². The third kappa shape index (κ3) is 2.02. The highest BCUT2D eigenvalue weighted by atomic mass is 16.5. The van der Waals surface area contributed by atoms with Crippen molar-refractivity contribution in [1.82, 2.24) is 4.57 Å². The number of esters is 2. The number of hydrogen-bond acceptors (Lipinski definition) is 4. The molecule has 5 heteroatoms. The normalized spacial score (nSPS) is 10.9. The van der Waals surface area contributed by atoms with E-state index in [-0.39, 0.29) is 11.9 Å². The Bertz CT molecular complexity index is 835. The molecule has 0 radical (unpaired) electrons. The van der Waals surface area contributed by atoms with Gasteiger partial charge in [0.05, 0.1) is 25.3 Å². The molecule has 0 bridgehead atoms. The summed E-state index contributed by atoms with van der Waals surface area (Å²) in [6.07, 6.45) is 0. The van der Waals surface area contributed by atoms with Crippen LogP contribution < -0.4 is 0 Å². The van der Waals surface area contributed by atoms with E-state index in [9.17, 15) is 9.59 Å². The summed E-state index contributed by atoms with van der Waals surface area (Å²) >= 11 is 0. The Hall–Kier alpha value is -2.82. The van der Waals surface area contributed by atoms with Crippen molar-refractivity contribution in [3.05, 3.63) is 47.5 Å². The fourth-order valence-corrected chi connectivity index (χ4v) is 2.69. The van der Waals surface area contributed by atoms with Crippen LogP contribution in [0.3, 0.4) is 0 Å². The van der Waals surface area contributed by atoms with Crippen LogP contribution >= 0.6 is 0 Å². The molecule has 0 atom stereocenters. The molecule has 0 spiro atoms. The molecule has 0 fully saturated rings. The van der Waals surface area contributed by atoms with E-state index < -0.39 is 0 Å². The number of carbonyl (C=O) groups excluding carboxylic acids is 2. The maximum atomic E-state index is 11.7. The van der Waals surface area contributed by atoms with Crippen LogP contribution in [-0.4, -0.2) is 30.7 Å². The molecule has 0 aliphatic heterocycles. The maximum absolute atomic E-state index is 11.7. The minimum atomic E-state index is -0.373. The lowest BCUT2D eigenvalue weighted by Gasteiger charge is -2.02. The van der Waals surface area contributed by atoms with Crippen molar-refractivity contribution in [1.29, 1.82) is 0 Å². The lowest BCUT2D eigenvalue weighted by Crippen LogP contribution is -2.01. The van der Waals surface area contributed by atoms with Crippen LogP contribution in [0.4, 0.5) is 0 Å². The number of hydrogen-bond donors (Lipinski definition) is 0. The Morgan fingerprint density at radius 2 is 1.23 bits per heavy atom. The van der Waals surface area contributed by atoms with E-state index >= 15 is 0 Å². The topological polar surface area (TPSA) is 57.5 Å². The van der Waals surface area contributed by atoms with Crippen LogP contribution in [-0.2, 0) is 16.5 Å². The van der Waals surface area contributed by atoms with E-state index in [4.69, 9.17) is 9.47 Å². The van der Waals surface area contributed by atoms with E-state index in [0.29, 0.717) is 11.1 Å². The lowest BCUT2D eigenvalue weighted by molar-refractivity contribution is 0.0592. The zero-order valence-corrected chi connectivity index (χ0v) is 12.5. The third-order valence-corrected chi connectivity index (χ3v) is 3.85. The monoisotopic (exact) mass is 297 g/mol. The molecule has 0 saturated carbocycles. The summed E-state index contributed by atoms with van der Waals surface area (Å²) < 4.78 is 11.5. The Balaban J connectivity index is 2.28. The summed E-state index contributed by atoms with van der Waals surface area (Å²) in [4.78, 5) is 23.3. The zero-order valence-electron chi connectivity index (χ0n) is 12.5. The summed E-state index contributed by atoms with van der Waals surface area (Å²) in [5, 5.41) is 2.03. The number of aryl methyl sites for hydroxylation is 1. The van der Waals surface area contributed by atoms with E-state index in [1.165, 1.54) is 14.2 Å². The summed E-state index contributed by atoms with van der Waals surface area (Å²) in [6.45, 7) is 0. The van der Waals surface area contributed by atoms with Gasteiger partial charge < -0.3 is 14.0 Å². The number of benzene rings is 2. The van der Waals surface area contributed by atoms with Crippen LogP contribution in [0.25, 0.3) is 21.8 Å². The van der Waals surface area contributed by atoms with Gasteiger partial charge in [0, 0.05) is 28.9 Å². The first kappa shape index (κ1) is 14.1. The highest BCUT2D eigenvalue weighted by Gasteiger charge is 2.14. The molecule has 1 heterocycles. The smallest absolute Gasteiger partial charge is 0.337 e. The number of rotatable bonds is 2. The van der Waals surface area contributed by atoms with Crippen LogP contribution in [0.15, 0.2) is 36.4 Å². The van der Waals surface area contributed by atoms with E-state index in [0.717, 1.165) is 21.8 Å². The average molecular weight is 297 g/mol. The van der Waals surface area contributed by atoms with Crippen molar-refractivity contribution >= 4 is 33.7 Å².